The molecule has 0 bridgehead atoms. The second kappa shape index (κ2) is 7.99. The van der Waals surface area contributed by atoms with Gasteiger partial charge in [0.15, 0.2) is 0 Å². The van der Waals surface area contributed by atoms with Crippen molar-refractivity contribution in [2.24, 2.45) is 17.8 Å². The van der Waals surface area contributed by atoms with Crippen LogP contribution in [0.15, 0.2) is 30.6 Å². The SMILES string of the molecule is C=C(C1CCN(Cc2ccnc(NC)c2)CC1)N1CCC(C2CC2)CC1. The molecule has 2 saturated heterocycles. The number of anilines is 1. The Labute approximate surface area is 158 Å². The fourth-order valence-corrected chi connectivity index (χ4v) is 4.88. The Morgan fingerprint density at radius 3 is 2.42 bits per heavy atom. The molecular formula is C22H34N4. The van der Waals surface area contributed by atoms with E-state index in [1.807, 2.05) is 13.2 Å². The topological polar surface area (TPSA) is 31.4 Å². The number of hydrogen-bond donors (Lipinski definition) is 1. The minimum absolute atomic E-state index is 0.689. The van der Waals surface area contributed by atoms with E-state index >= 15 is 0 Å². The van der Waals surface area contributed by atoms with E-state index in [1.54, 1.807) is 0 Å². The quantitative estimate of drug-likeness (QED) is 0.837. The molecule has 3 fully saturated rings. The maximum Gasteiger partial charge on any atom is 0.125 e. The Hall–Kier alpha value is -1.55. The molecule has 0 radical (unpaired) electrons. The van der Waals surface area contributed by atoms with E-state index in [9.17, 15) is 0 Å². The number of likely N-dealkylation sites (tertiary alicyclic amines) is 2. The first-order valence-electron chi connectivity index (χ1n) is 10.5. The summed E-state index contributed by atoms with van der Waals surface area (Å²) in [4.78, 5) is 9.50. The van der Waals surface area contributed by atoms with Crippen molar-refractivity contribution in [3.63, 3.8) is 0 Å². The van der Waals surface area contributed by atoms with E-state index < -0.39 is 0 Å². The van der Waals surface area contributed by atoms with Gasteiger partial charge in [-0.25, -0.2) is 4.98 Å². The number of rotatable bonds is 6. The summed E-state index contributed by atoms with van der Waals surface area (Å²) < 4.78 is 0. The Morgan fingerprint density at radius 2 is 1.77 bits per heavy atom. The Bertz CT molecular complexity index is 608. The molecule has 0 aromatic carbocycles. The maximum absolute atomic E-state index is 4.51. The van der Waals surface area contributed by atoms with Gasteiger partial charge in [-0.05, 0) is 81.1 Å². The highest BCUT2D eigenvalue weighted by Gasteiger charge is 2.34. The van der Waals surface area contributed by atoms with E-state index in [0.717, 1.165) is 24.2 Å². The predicted octanol–water partition coefficient (Wildman–Crippen LogP) is 3.97. The Kier molecular flexibility index (Phi) is 5.49. The highest BCUT2D eigenvalue weighted by Crippen LogP contribution is 2.42. The molecule has 1 aliphatic carbocycles. The third kappa shape index (κ3) is 4.22. The van der Waals surface area contributed by atoms with Gasteiger partial charge < -0.3 is 10.2 Å². The van der Waals surface area contributed by atoms with Crippen LogP contribution in [0.4, 0.5) is 5.82 Å². The summed E-state index contributed by atoms with van der Waals surface area (Å²) in [5.74, 6) is 3.74. The highest BCUT2D eigenvalue weighted by atomic mass is 15.2. The lowest BCUT2D eigenvalue weighted by Gasteiger charge is -2.40. The van der Waals surface area contributed by atoms with Crippen LogP contribution in [-0.2, 0) is 6.54 Å². The molecule has 1 N–H and O–H groups in total. The number of nitrogens with zero attached hydrogens (tertiary/aromatic N) is 3. The minimum Gasteiger partial charge on any atom is -0.375 e. The molecule has 142 valence electrons. The molecule has 1 saturated carbocycles. The largest absolute Gasteiger partial charge is 0.375 e. The van der Waals surface area contributed by atoms with E-state index in [-0.39, 0.29) is 0 Å². The van der Waals surface area contributed by atoms with Crippen molar-refractivity contribution in [3.05, 3.63) is 36.2 Å². The second-order valence-electron chi connectivity index (χ2n) is 8.50. The number of piperidine rings is 2. The number of pyridine rings is 1. The highest BCUT2D eigenvalue weighted by molar-refractivity contribution is 5.36. The first-order valence-corrected chi connectivity index (χ1v) is 10.5. The molecule has 26 heavy (non-hydrogen) atoms. The molecule has 1 aromatic heterocycles. The smallest absolute Gasteiger partial charge is 0.125 e. The van der Waals surface area contributed by atoms with Crippen molar-refractivity contribution in [1.29, 1.82) is 0 Å². The molecule has 0 amide bonds. The first kappa shape index (κ1) is 17.8. The molecule has 3 aliphatic rings. The summed E-state index contributed by atoms with van der Waals surface area (Å²) in [6, 6.07) is 4.30. The number of allylic oxidation sites excluding steroid dienone is 1. The van der Waals surface area contributed by atoms with Crippen LogP contribution in [0.2, 0.25) is 0 Å². The molecule has 1 aromatic rings. The van der Waals surface area contributed by atoms with Gasteiger partial charge in [-0.2, -0.15) is 0 Å². The zero-order chi connectivity index (χ0) is 17.9. The van der Waals surface area contributed by atoms with Gasteiger partial charge in [0.25, 0.3) is 0 Å². The number of nitrogens with one attached hydrogen (secondary N) is 1. The zero-order valence-corrected chi connectivity index (χ0v) is 16.3. The van der Waals surface area contributed by atoms with Gasteiger partial charge in [-0.15, -0.1) is 0 Å². The Balaban J connectivity index is 1.23. The molecular weight excluding hydrogens is 320 g/mol. The van der Waals surface area contributed by atoms with Gasteiger partial charge in [-0.1, -0.05) is 6.58 Å². The van der Waals surface area contributed by atoms with Crippen molar-refractivity contribution in [3.8, 4) is 0 Å². The van der Waals surface area contributed by atoms with Gasteiger partial charge in [0, 0.05) is 44.5 Å². The molecule has 0 atom stereocenters. The average molecular weight is 355 g/mol. The molecule has 3 heterocycles. The fourth-order valence-electron chi connectivity index (χ4n) is 4.88. The summed E-state index contributed by atoms with van der Waals surface area (Å²) in [6.45, 7) is 10.4. The molecule has 0 unspecified atom stereocenters. The standard InChI is InChI=1S/C22H34N4/c1-17(26-13-8-21(9-14-26)20-3-4-20)19-6-11-25(12-7-19)16-18-5-10-24-22(15-18)23-2/h5,10,15,19-21H,1,3-4,6-9,11-14,16H2,2H3,(H,23,24). The van der Waals surface area contributed by atoms with Crippen LogP contribution < -0.4 is 5.32 Å². The Morgan fingerprint density at radius 1 is 1.08 bits per heavy atom. The number of aromatic nitrogens is 1. The van der Waals surface area contributed by atoms with Crippen LogP contribution in [0.25, 0.3) is 0 Å². The number of hydrogen-bond acceptors (Lipinski definition) is 4. The zero-order valence-electron chi connectivity index (χ0n) is 16.3. The van der Waals surface area contributed by atoms with Crippen LogP contribution in [-0.4, -0.2) is 48.0 Å². The first-order chi connectivity index (χ1) is 12.7. The van der Waals surface area contributed by atoms with Crippen molar-refractivity contribution < 1.29 is 0 Å². The van der Waals surface area contributed by atoms with Crippen LogP contribution >= 0.6 is 0 Å². The summed E-state index contributed by atoms with van der Waals surface area (Å²) in [6.07, 6.45) is 10.2. The maximum atomic E-state index is 4.51. The molecule has 2 aliphatic heterocycles. The van der Waals surface area contributed by atoms with Gasteiger partial charge >= 0.3 is 0 Å². The van der Waals surface area contributed by atoms with E-state index in [0.29, 0.717) is 5.92 Å². The van der Waals surface area contributed by atoms with E-state index in [4.69, 9.17) is 0 Å². The van der Waals surface area contributed by atoms with Crippen molar-refractivity contribution >= 4 is 5.82 Å². The minimum atomic E-state index is 0.689. The van der Waals surface area contributed by atoms with Crippen molar-refractivity contribution in [1.82, 2.24) is 14.8 Å². The predicted molar refractivity (Wildman–Crippen MR) is 108 cm³/mol. The normalized spacial score (nSPS) is 23.2. The average Bonchev–Trinajstić information content (AvgIpc) is 3.54. The summed E-state index contributed by atoms with van der Waals surface area (Å²) >= 11 is 0. The van der Waals surface area contributed by atoms with E-state index in [1.165, 1.54) is 76.0 Å². The van der Waals surface area contributed by atoms with Crippen molar-refractivity contribution in [2.45, 2.75) is 45.1 Å². The van der Waals surface area contributed by atoms with Gasteiger partial charge in [0.05, 0.1) is 0 Å². The third-order valence-corrected chi connectivity index (χ3v) is 6.78. The molecule has 4 nitrogen and oxygen atoms in total. The fraction of sp³-hybridized carbons (Fsp3) is 0.682. The van der Waals surface area contributed by atoms with Crippen LogP contribution in [0, 0.1) is 17.8 Å². The summed E-state index contributed by atoms with van der Waals surface area (Å²) in [7, 11) is 1.93. The lowest BCUT2D eigenvalue weighted by molar-refractivity contribution is 0.149. The molecule has 4 rings (SSSR count). The monoisotopic (exact) mass is 354 g/mol. The summed E-state index contributed by atoms with van der Waals surface area (Å²) in [5, 5.41) is 3.13. The lowest BCUT2D eigenvalue weighted by atomic mass is 9.88. The lowest BCUT2D eigenvalue weighted by Crippen LogP contribution is -2.39. The summed E-state index contributed by atoms with van der Waals surface area (Å²) in [5.41, 5.74) is 2.78. The van der Waals surface area contributed by atoms with Crippen LogP contribution in [0.5, 0.6) is 0 Å². The van der Waals surface area contributed by atoms with Crippen LogP contribution in [0.3, 0.4) is 0 Å². The van der Waals surface area contributed by atoms with Gasteiger partial charge in [0.1, 0.15) is 5.82 Å². The second-order valence-corrected chi connectivity index (χ2v) is 8.50. The van der Waals surface area contributed by atoms with Gasteiger partial charge in [-0.3, -0.25) is 4.90 Å². The van der Waals surface area contributed by atoms with Crippen molar-refractivity contribution in [2.75, 3.05) is 38.5 Å². The van der Waals surface area contributed by atoms with E-state index in [2.05, 4.69) is 38.8 Å². The molecule has 0 spiro atoms. The third-order valence-electron chi connectivity index (χ3n) is 6.78. The molecule has 4 heteroatoms. The van der Waals surface area contributed by atoms with Crippen LogP contribution in [0.1, 0.15) is 44.1 Å². The van der Waals surface area contributed by atoms with Gasteiger partial charge in [0.2, 0.25) is 0 Å².